The lowest BCUT2D eigenvalue weighted by atomic mass is 10.1. The van der Waals surface area contributed by atoms with Gasteiger partial charge in [-0.1, -0.05) is 6.07 Å². The van der Waals surface area contributed by atoms with Crippen LogP contribution < -0.4 is 25.1 Å². The van der Waals surface area contributed by atoms with Gasteiger partial charge in [0.15, 0.2) is 11.5 Å². The summed E-state index contributed by atoms with van der Waals surface area (Å²) in [6, 6.07) is 9.17. The molecule has 35 heavy (non-hydrogen) atoms. The number of nitrogens with one attached hydrogen (secondary N) is 1. The number of aromatic nitrogens is 2. The first-order valence-electron chi connectivity index (χ1n) is 11.7. The van der Waals surface area contributed by atoms with Crippen LogP contribution in [0.25, 0.3) is 10.9 Å². The molecule has 0 radical (unpaired) electrons. The van der Waals surface area contributed by atoms with Crippen LogP contribution >= 0.6 is 0 Å². The highest BCUT2D eigenvalue weighted by Crippen LogP contribution is 2.35. The molecule has 2 aromatic heterocycles. The molecule has 0 saturated carbocycles. The number of aryl methyl sites for hydroxylation is 1. The highest BCUT2D eigenvalue weighted by molar-refractivity contribution is 5.98. The van der Waals surface area contributed by atoms with Gasteiger partial charge in [-0.15, -0.1) is 0 Å². The normalized spacial score (nSPS) is 14.9. The Hall–Kier alpha value is -4.08. The summed E-state index contributed by atoms with van der Waals surface area (Å²) in [6.45, 7) is 5.38. The highest BCUT2D eigenvalue weighted by atomic mass is 16.7. The molecule has 10 heteroatoms. The highest BCUT2D eigenvalue weighted by Gasteiger charge is 2.23. The van der Waals surface area contributed by atoms with E-state index < -0.39 is 5.91 Å². The number of carbonyl (C=O) groups excluding carboxylic acids is 2. The number of fused-ring (bicyclic) bond motifs is 2. The first-order valence-corrected chi connectivity index (χ1v) is 11.7. The van der Waals surface area contributed by atoms with E-state index in [0.717, 1.165) is 5.82 Å². The van der Waals surface area contributed by atoms with Crippen LogP contribution in [0.2, 0.25) is 0 Å². The summed E-state index contributed by atoms with van der Waals surface area (Å²) in [5.41, 5.74) is 0.338. The van der Waals surface area contributed by atoms with Gasteiger partial charge in [-0.2, -0.15) is 0 Å². The van der Waals surface area contributed by atoms with Gasteiger partial charge in [-0.3, -0.25) is 14.4 Å². The molecule has 1 fully saturated rings. The van der Waals surface area contributed by atoms with E-state index in [1.54, 1.807) is 29.4 Å². The number of piperazine rings is 1. The fourth-order valence-electron chi connectivity index (χ4n) is 4.47. The van der Waals surface area contributed by atoms with Gasteiger partial charge in [-0.25, -0.2) is 4.98 Å². The number of pyridine rings is 2. The number of hydrogen-bond donors (Lipinski definition) is 1. The molecule has 0 atom stereocenters. The van der Waals surface area contributed by atoms with Crippen molar-refractivity contribution in [2.75, 3.05) is 44.4 Å². The molecule has 1 saturated heterocycles. The van der Waals surface area contributed by atoms with Gasteiger partial charge >= 0.3 is 0 Å². The van der Waals surface area contributed by atoms with Crippen molar-refractivity contribution in [2.24, 2.45) is 0 Å². The molecule has 0 bridgehead atoms. The molecule has 10 nitrogen and oxygen atoms in total. The molecular weight excluding hydrogens is 450 g/mol. The predicted octanol–water partition coefficient (Wildman–Crippen LogP) is 1.61. The van der Waals surface area contributed by atoms with Gasteiger partial charge in [0, 0.05) is 64.1 Å². The zero-order chi connectivity index (χ0) is 24.4. The third-order valence-corrected chi connectivity index (χ3v) is 6.39. The van der Waals surface area contributed by atoms with Crippen molar-refractivity contribution in [3.8, 4) is 11.5 Å². The van der Waals surface area contributed by atoms with E-state index in [1.165, 1.54) is 0 Å². The summed E-state index contributed by atoms with van der Waals surface area (Å²) in [5, 5.41) is 3.13. The quantitative estimate of drug-likeness (QED) is 0.575. The summed E-state index contributed by atoms with van der Waals surface area (Å²) in [5.74, 6) is 1.45. The van der Waals surface area contributed by atoms with Crippen LogP contribution in [0.5, 0.6) is 11.5 Å². The van der Waals surface area contributed by atoms with Crippen molar-refractivity contribution >= 4 is 28.5 Å². The zero-order valence-corrected chi connectivity index (χ0v) is 19.5. The predicted molar refractivity (Wildman–Crippen MR) is 130 cm³/mol. The van der Waals surface area contributed by atoms with Crippen LogP contribution in [0.15, 0.2) is 47.5 Å². The van der Waals surface area contributed by atoms with Gasteiger partial charge in [0.05, 0.1) is 10.9 Å². The van der Waals surface area contributed by atoms with Crippen molar-refractivity contribution in [3.63, 3.8) is 0 Å². The molecule has 2 aliphatic rings. The third kappa shape index (κ3) is 4.51. The van der Waals surface area contributed by atoms with E-state index in [9.17, 15) is 14.4 Å². The summed E-state index contributed by atoms with van der Waals surface area (Å²) in [4.78, 5) is 46.9. The molecule has 0 unspecified atom stereocenters. The zero-order valence-electron chi connectivity index (χ0n) is 19.5. The van der Waals surface area contributed by atoms with E-state index in [4.69, 9.17) is 9.47 Å². The van der Waals surface area contributed by atoms with Crippen LogP contribution in [0.3, 0.4) is 0 Å². The Kier molecular flexibility index (Phi) is 6.26. The fraction of sp³-hybridized carbons (Fsp3) is 0.360. The number of amides is 2. The molecular formula is C25H27N5O5. The first-order chi connectivity index (χ1) is 17.0. The number of nitrogens with zero attached hydrogens (tertiary/aromatic N) is 4. The van der Waals surface area contributed by atoms with E-state index in [1.807, 2.05) is 29.7 Å². The van der Waals surface area contributed by atoms with Gasteiger partial charge < -0.3 is 29.2 Å². The smallest absolute Gasteiger partial charge is 0.256 e. The minimum Gasteiger partial charge on any atom is -0.454 e. The Morgan fingerprint density at radius 1 is 1.09 bits per heavy atom. The Balaban J connectivity index is 1.20. The largest absolute Gasteiger partial charge is 0.454 e. The maximum absolute atomic E-state index is 13.1. The average molecular weight is 478 g/mol. The SMILES string of the molecule is CCn1cc(C(=O)NCCC(=O)N2CCN(c3ccccn3)CC2)c(=O)c2cc3c(cc21)OCO3. The number of hydrogen-bond acceptors (Lipinski definition) is 7. The average Bonchev–Trinajstić information content (AvgIpc) is 3.36. The number of anilines is 1. The lowest BCUT2D eigenvalue weighted by molar-refractivity contribution is -0.131. The molecule has 0 aliphatic carbocycles. The van der Waals surface area contributed by atoms with E-state index in [0.29, 0.717) is 55.1 Å². The van der Waals surface area contributed by atoms with Crippen LogP contribution in [-0.2, 0) is 11.3 Å². The molecule has 1 aromatic carbocycles. The Bertz CT molecular complexity index is 1320. The topological polar surface area (TPSA) is 106 Å². The second-order valence-corrected chi connectivity index (χ2v) is 8.44. The minimum atomic E-state index is -0.496. The van der Waals surface area contributed by atoms with E-state index >= 15 is 0 Å². The summed E-state index contributed by atoms with van der Waals surface area (Å²) >= 11 is 0. The number of ether oxygens (including phenoxy) is 2. The van der Waals surface area contributed by atoms with Crippen LogP contribution in [-0.4, -0.2) is 65.8 Å². The standard InChI is InChI=1S/C25H27N5O5/c1-2-28-15-18(24(32)17-13-20-21(14-19(17)28)35-16-34-20)25(33)27-8-6-23(31)30-11-9-29(10-12-30)22-5-3-4-7-26-22/h3-5,7,13-15H,2,6,8-12,16H2,1H3,(H,27,33). The molecule has 0 spiro atoms. The number of rotatable bonds is 6. The monoisotopic (exact) mass is 477 g/mol. The van der Waals surface area contributed by atoms with Crippen LogP contribution in [0.1, 0.15) is 23.7 Å². The Morgan fingerprint density at radius 3 is 2.57 bits per heavy atom. The van der Waals surface area contributed by atoms with Gasteiger partial charge in [0.1, 0.15) is 11.4 Å². The molecule has 3 aromatic rings. The van der Waals surface area contributed by atoms with Crippen molar-refractivity contribution < 1.29 is 19.1 Å². The molecule has 182 valence electrons. The van der Waals surface area contributed by atoms with Crippen molar-refractivity contribution in [1.29, 1.82) is 0 Å². The first kappa shape index (κ1) is 22.7. The van der Waals surface area contributed by atoms with E-state index in [2.05, 4.69) is 15.2 Å². The molecule has 2 amide bonds. The molecule has 5 rings (SSSR count). The summed E-state index contributed by atoms with van der Waals surface area (Å²) in [7, 11) is 0. The summed E-state index contributed by atoms with van der Waals surface area (Å²) < 4.78 is 12.6. The van der Waals surface area contributed by atoms with Crippen molar-refractivity contribution in [3.05, 3.63) is 58.5 Å². The second-order valence-electron chi connectivity index (χ2n) is 8.44. The maximum Gasteiger partial charge on any atom is 0.256 e. The molecule has 4 heterocycles. The number of benzene rings is 1. The lowest BCUT2D eigenvalue weighted by Gasteiger charge is -2.35. The number of carbonyl (C=O) groups is 2. The van der Waals surface area contributed by atoms with Gasteiger partial charge in [-0.05, 0) is 25.1 Å². The fourth-order valence-corrected chi connectivity index (χ4v) is 4.47. The van der Waals surface area contributed by atoms with Crippen molar-refractivity contribution in [2.45, 2.75) is 19.9 Å². The van der Waals surface area contributed by atoms with Crippen LogP contribution in [0.4, 0.5) is 5.82 Å². The minimum absolute atomic E-state index is 0.0248. The van der Waals surface area contributed by atoms with E-state index in [-0.39, 0.29) is 36.7 Å². The Labute approximate surface area is 202 Å². The van der Waals surface area contributed by atoms with Crippen LogP contribution in [0, 0.1) is 0 Å². The second kappa shape index (κ2) is 9.65. The lowest BCUT2D eigenvalue weighted by Crippen LogP contribution is -2.49. The van der Waals surface area contributed by atoms with Gasteiger partial charge in [0.2, 0.25) is 18.1 Å². The maximum atomic E-state index is 13.1. The molecule has 2 aliphatic heterocycles. The summed E-state index contributed by atoms with van der Waals surface area (Å²) in [6.07, 6.45) is 3.49. The van der Waals surface area contributed by atoms with Gasteiger partial charge in [0.25, 0.3) is 5.91 Å². The third-order valence-electron chi connectivity index (χ3n) is 6.39. The molecule has 1 N–H and O–H groups in total. The van der Waals surface area contributed by atoms with Crippen molar-refractivity contribution in [1.82, 2.24) is 19.8 Å². The Morgan fingerprint density at radius 2 is 1.86 bits per heavy atom.